The standard InChI is InChI=1S/C21H16BrN3O2/c22-15-8-5-14(6-9-15)18(25-21-17(26)4-2-12-24-21)16-10-7-13-3-1-11-23-19(13)20(16)27/h1-12,18,26-27H,(H,24,25). The van der Waals surface area contributed by atoms with Crippen molar-refractivity contribution in [1.82, 2.24) is 9.97 Å². The predicted molar refractivity (Wildman–Crippen MR) is 109 cm³/mol. The molecule has 0 fully saturated rings. The third-order valence-electron chi connectivity index (χ3n) is 4.36. The summed E-state index contributed by atoms with van der Waals surface area (Å²) < 4.78 is 0.954. The Morgan fingerprint density at radius 3 is 2.37 bits per heavy atom. The highest BCUT2D eigenvalue weighted by Crippen LogP contribution is 2.37. The van der Waals surface area contributed by atoms with Crippen molar-refractivity contribution in [2.45, 2.75) is 6.04 Å². The smallest absolute Gasteiger partial charge is 0.169 e. The Balaban J connectivity index is 1.86. The maximum absolute atomic E-state index is 10.9. The summed E-state index contributed by atoms with van der Waals surface area (Å²) in [5.74, 6) is 0.480. The van der Waals surface area contributed by atoms with Crippen LogP contribution in [0.3, 0.4) is 0 Å². The highest BCUT2D eigenvalue weighted by molar-refractivity contribution is 9.10. The Hall–Kier alpha value is -3.12. The monoisotopic (exact) mass is 421 g/mol. The van der Waals surface area contributed by atoms with Crippen molar-refractivity contribution in [3.8, 4) is 11.5 Å². The normalized spacial score (nSPS) is 12.0. The fraction of sp³-hybridized carbons (Fsp3) is 0.0476. The number of aromatic nitrogens is 2. The number of pyridine rings is 2. The maximum Gasteiger partial charge on any atom is 0.169 e. The maximum atomic E-state index is 10.9. The molecule has 0 aliphatic carbocycles. The second-order valence-corrected chi connectivity index (χ2v) is 6.99. The number of rotatable bonds is 4. The Morgan fingerprint density at radius 1 is 0.852 bits per heavy atom. The van der Waals surface area contributed by atoms with E-state index in [2.05, 4.69) is 31.2 Å². The molecule has 4 aromatic rings. The first kappa shape index (κ1) is 17.3. The lowest BCUT2D eigenvalue weighted by molar-refractivity contribution is 0.468. The largest absolute Gasteiger partial charge is 0.505 e. The van der Waals surface area contributed by atoms with Crippen LogP contribution < -0.4 is 5.32 Å². The molecule has 27 heavy (non-hydrogen) atoms. The van der Waals surface area contributed by atoms with E-state index in [0.29, 0.717) is 16.9 Å². The molecule has 0 saturated carbocycles. The summed E-state index contributed by atoms with van der Waals surface area (Å²) in [6.07, 6.45) is 3.25. The molecule has 6 heteroatoms. The molecule has 3 N–H and O–H groups in total. The summed E-state index contributed by atoms with van der Waals surface area (Å²) in [7, 11) is 0. The van der Waals surface area contributed by atoms with Gasteiger partial charge in [-0.2, -0.15) is 0 Å². The molecule has 134 valence electrons. The first-order valence-electron chi connectivity index (χ1n) is 8.36. The molecule has 0 aliphatic rings. The van der Waals surface area contributed by atoms with E-state index in [1.165, 1.54) is 0 Å². The lowest BCUT2D eigenvalue weighted by Gasteiger charge is -2.22. The van der Waals surface area contributed by atoms with Gasteiger partial charge in [-0.3, -0.25) is 4.98 Å². The van der Waals surface area contributed by atoms with Crippen LogP contribution in [0.15, 0.2) is 77.5 Å². The topological polar surface area (TPSA) is 78.3 Å². The van der Waals surface area contributed by atoms with E-state index in [0.717, 1.165) is 15.4 Å². The second kappa shape index (κ2) is 7.25. The summed E-state index contributed by atoms with van der Waals surface area (Å²) in [6, 6.07) is 18.1. The number of phenols is 1. The number of nitrogens with one attached hydrogen (secondary N) is 1. The van der Waals surface area contributed by atoms with Crippen molar-refractivity contribution in [3.05, 3.63) is 88.7 Å². The van der Waals surface area contributed by atoms with Crippen molar-refractivity contribution in [2.24, 2.45) is 0 Å². The summed E-state index contributed by atoms with van der Waals surface area (Å²) in [5.41, 5.74) is 2.09. The molecule has 0 saturated heterocycles. The van der Waals surface area contributed by atoms with E-state index in [9.17, 15) is 10.2 Å². The number of benzene rings is 2. The highest BCUT2D eigenvalue weighted by atomic mass is 79.9. The van der Waals surface area contributed by atoms with Gasteiger partial charge < -0.3 is 15.5 Å². The molecule has 2 aromatic heterocycles. The van der Waals surface area contributed by atoms with Crippen LogP contribution in [0.1, 0.15) is 17.2 Å². The molecule has 0 radical (unpaired) electrons. The third kappa shape index (κ3) is 3.44. The summed E-state index contributed by atoms with van der Waals surface area (Å²) in [4.78, 5) is 8.52. The average molecular weight is 422 g/mol. The molecule has 0 spiro atoms. The molecule has 1 atom stereocenters. The SMILES string of the molecule is Oc1cccnc1NC(c1ccc(Br)cc1)c1ccc2cccnc2c1O. The minimum absolute atomic E-state index is 0.0398. The summed E-state index contributed by atoms with van der Waals surface area (Å²) >= 11 is 3.44. The fourth-order valence-corrected chi connectivity index (χ4v) is 3.28. The average Bonchev–Trinajstić information content (AvgIpc) is 2.69. The molecule has 4 rings (SSSR count). The fourth-order valence-electron chi connectivity index (χ4n) is 3.02. The molecular formula is C21H16BrN3O2. The van der Waals surface area contributed by atoms with E-state index in [1.54, 1.807) is 24.5 Å². The van der Waals surface area contributed by atoms with Gasteiger partial charge in [-0.05, 0) is 35.9 Å². The van der Waals surface area contributed by atoms with E-state index < -0.39 is 6.04 Å². The number of phenolic OH excluding ortho intramolecular Hbond substituents is 1. The Kier molecular flexibility index (Phi) is 4.64. The second-order valence-electron chi connectivity index (χ2n) is 6.08. The number of halogens is 1. The zero-order chi connectivity index (χ0) is 18.8. The van der Waals surface area contributed by atoms with Crippen LogP contribution in [0.2, 0.25) is 0 Å². The molecule has 1 unspecified atom stereocenters. The summed E-state index contributed by atoms with van der Waals surface area (Å²) in [6.45, 7) is 0. The molecule has 2 heterocycles. The third-order valence-corrected chi connectivity index (χ3v) is 4.89. The van der Waals surface area contributed by atoms with Gasteiger partial charge in [0.2, 0.25) is 0 Å². The molecule has 0 bridgehead atoms. The van der Waals surface area contributed by atoms with Gasteiger partial charge >= 0.3 is 0 Å². The molecule has 5 nitrogen and oxygen atoms in total. The first-order chi connectivity index (χ1) is 13.1. The van der Waals surface area contributed by atoms with Crippen LogP contribution in [-0.2, 0) is 0 Å². The number of nitrogens with zero attached hydrogens (tertiary/aromatic N) is 2. The van der Waals surface area contributed by atoms with Crippen molar-refractivity contribution in [1.29, 1.82) is 0 Å². The Labute approximate surface area is 164 Å². The van der Waals surface area contributed by atoms with Gasteiger partial charge in [-0.1, -0.05) is 46.3 Å². The van der Waals surface area contributed by atoms with Gasteiger partial charge in [0.15, 0.2) is 11.6 Å². The first-order valence-corrected chi connectivity index (χ1v) is 9.15. The molecule has 2 aromatic carbocycles. The van der Waals surface area contributed by atoms with Crippen molar-refractivity contribution in [2.75, 3.05) is 5.32 Å². The van der Waals surface area contributed by atoms with Gasteiger partial charge in [0, 0.05) is 27.8 Å². The minimum atomic E-state index is -0.426. The Bertz CT molecular complexity index is 1100. The summed E-state index contributed by atoms with van der Waals surface area (Å²) in [5, 5.41) is 25.1. The van der Waals surface area contributed by atoms with E-state index in [-0.39, 0.29) is 11.5 Å². The number of aromatic hydroxyl groups is 2. The number of fused-ring (bicyclic) bond motifs is 1. The zero-order valence-corrected chi connectivity index (χ0v) is 15.8. The zero-order valence-electron chi connectivity index (χ0n) is 14.2. The predicted octanol–water partition coefficient (Wildman–Crippen LogP) is 5.01. The van der Waals surface area contributed by atoms with Crippen molar-refractivity contribution in [3.63, 3.8) is 0 Å². The number of hydrogen-bond acceptors (Lipinski definition) is 5. The minimum Gasteiger partial charge on any atom is -0.505 e. The van der Waals surface area contributed by atoms with Crippen LogP contribution in [0, 0.1) is 0 Å². The van der Waals surface area contributed by atoms with Crippen molar-refractivity contribution >= 4 is 32.7 Å². The van der Waals surface area contributed by atoms with Crippen LogP contribution in [0.5, 0.6) is 11.5 Å². The van der Waals surface area contributed by atoms with Crippen molar-refractivity contribution < 1.29 is 10.2 Å². The highest BCUT2D eigenvalue weighted by Gasteiger charge is 2.21. The van der Waals surface area contributed by atoms with Gasteiger partial charge in [0.1, 0.15) is 11.3 Å². The molecule has 0 amide bonds. The van der Waals surface area contributed by atoms with Crippen LogP contribution in [0.25, 0.3) is 10.9 Å². The van der Waals surface area contributed by atoms with E-state index >= 15 is 0 Å². The van der Waals surface area contributed by atoms with Crippen LogP contribution >= 0.6 is 15.9 Å². The van der Waals surface area contributed by atoms with E-state index in [1.807, 2.05) is 48.5 Å². The van der Waals surface area contributed by atoms with Crippen LogP contribution in [-0.4, -0.2) is 20.2 Å². The van der Waals surface area contributed by atoms with Gasteiger partial charge in [-0.25, -0.2) is 4.98 Å². The van der Waals surface area contributed by atoms with E-state index in [4.69, 9.17) is 0 Å². The van der Waals surface area contributed by atoms with Crippen LogP contribution in [0.4, 0.5) is 5.82 Å². The lowest BCUT2D eigenvalue weighted by atomic mass is 9.96. The van der Waals surface area contributed by atoms with Gasteiger partial charge in [0.25, 0.3) is 0 Å². The quantitative estimate of drug-likeness (QED) is 0.431. The molecular weight excluding hydrogens is 406 g/mol. The van der Waals surface area contributed by atoms with Gasteiger partial charge in [0.05, 0.1) is 6.04 Å². The number of hydrogen-bond donors (Lipinski definition) is 3. The lowest BCUT2D eigenvalue weighted by Crippen LogP contribution is -2.14. The van der Waals surface area contributed by atoms with Gasteiger partial charge in [-0.15, -0.1) is 0 Å². The molecule has 0 aliphatic heterocycles. The Morgan fingerprint density at radius 2 is 1.59 bits per heavy atom. The number of anilines is 1.